The van der Waals surface area contributed by atoms with E-state index in [-0.39, 0.29) is 40.7 Å². The van der Waals surface area contributed by atoms with Crippen LogP contribution >= 0.6 is 23.2 Å². The summed E-state index contributed by atoms with van der Waals surface area (Å²) >= 11 is 12.1. The Bertz CT molecular complexity index is 1580. The molecule has 3 aromatic carbocycles. The molecular formula is C33H28Cl2F6N2O3. The monoisotopic (exact) mass is 684 g/mol. The maximum atomic E-state index is 13.6. The van der Waals surface area contributed by atoms with Crippen LogP contribution in [0.2, 0.25) is 10.0 Å². The summed E-state index contributed by atoms with van der Waals surface area (Å²) in [5.74, 6) is -0.591. The van der Waals surface area contributed by atoms with E-state index in [4.69, 9.17) is 27.9 Å². The van der Waals surface area contributed by atoms with Gasteiger partial charge in [-0.1, -0.05) is 47.5 Å². The number of benzene rings is 3. The van der Waals surface area contributed by atoms with Gasteiger partial charge >= 0.3 is 12.4 Å². The number of hydrogen-bond acceptors (Lipinski definition) is 4. The SMILES string of the molecule is CN(C)CCOc1ccc(C(=O)NC2CC(=Cc3cccc(C(F)(F)F)c3Cl)C(=O)C(=Cc3cccc(C(F)(F)F)c3Cl)C2)cc1. The molecule has 1 N–H and O–H groups in total. The molecule has 0 atom stereocenters. The minimum Gasteiger partial charge on any atom is -0.492 e. The van der Waals surface area contributed by atoms with Crippen LogP contribution in [0.25, 0.3) is 12.2 Å². The quantitative estimate of drug-likeness (QED) is 0.191. The van der Waals surface area contributed by atoms with Gasteiger partial charge in [-0.05, 0) is 86.6 Å². The molecule has 0 radical (unpaired) electrons. The number of amides is 1. The van der Waals surface area contributed by atoms with Gasteiger partial charge in [-0.15, -0.1) is 0 Å². The summed E-state index contributed by atoms with van der Waals surface area (Å²) in [4.78, 5) is 28.7. The summed E-state index contributed by atoms with van der Waals surface area (Å²) < 4.78 is 86.6. The molecule has 13 heteroatoms. The minimum absolute atomic E-state index is 0.00300. The highest BCUT2D eigenvalue weighted by Gasteiger charge is 2.36. The maximum absolute atomic E-state index is 13.6. The van der Waals surface area contributed by atoms with Crippen LogP contribution in [0.3, 0.4) is 0 Å². The van der Waals surface area contributed by atoms with Gasteiger partial charge in [0.25, 0.3) is 5.91 Å². The zero-order valence-corrected chi connectivity index (χ0v) is 26.0. The second-order valence-electron chi connectivity index (χ2n) is 10.8. The maximum Gasteiger partial charge on any atom is 0.417 e. The number of carbonyl (C=O) groups excluding carboxylic acids is 2. The number of halogens is 8. The molecule has 4 rings (SSSR count). The van der Waals surface area contributed by atoms with Crippen molar-refractivity contribution in [2.75, 3.05) is 27.2 Å². The number of alkyl halides is 6. The van der Waals surface area contributed by atoms with Crippen LogP contribution in [0.5, 0.6) is 5.75 Å². The first-order chi connectivity index (χ1) is 21.5. The van der Waals surface area contributed by atoms with Crippen molar-refractivity contribution in [3.8, 4) is 5.75 Å². The third-order valence-corrected chi connectivity index (χ3v) is 7.95. The van der Waals surface area contributed by atoms with E-state index in [1.165, 1.54) is 24.3 Å². The van der Waals surface area contributed by atoms with E-state index in [1.807, 2.05) is 19.0 Å². The summed E-state index contributed by atoms with van der Waals surface area (Å²) in [6.07, 6.45) is -7.29. The van der Waals surface area contributed by atoms with Crippen LogP contribution in [0.4, 0.5) is 26.3 Å². The van der Waals surface area contributed by atoms with Crippen molar-refractivity contribution in [2.24, 2.45) is 0 Å². The van der Waals surface area contributed by atoms with Crippen LogP contribution in [-0.2, 0) is 17.1 Å². The fourth-order valence-electron chi connectivity index (χ4n) is 4.80. The molecule has 0 aliphatic heterocycles. The smallest absolute Gasteiger partial charge is 0.417 e. The summed E-state index contributed by atoms with van der Waals surface area (Å²) in [7, 11) is 3.80. The third kappa shape index (κ3) is 8.71. The van der Waals surface area contributed by atoms with Gasteiger partial charge < -0.3 is 15.0 Å². The molecule has 0 bridgehead atoms. The number of carbonyl (C=O) groups is 2. The molecule has 1 saturated carbocycles. The highest BCUT2D eigenvalue weighted by atomic mass is 35.5. The van der Waals surface area contributed by atoms with Crippen LogP contribution in [0, 0.1) is 0 Å². The molecule has 0 aromatic heterocycles. The lowest BCUT2D eigenvalue weighted by Crippen LogP contribution is -2.39. The molecule has 1 fully saturated rings. The van der Waals surface area contributed by atoms with E-state index in [0.29, 0.717) is 18.9 Å². The van der Waals surface area contributed by atoms with Gasteiger partial charge in [0.05, 0.1) is 21.2 Å². The summed E-state index contributed by atoms with van der Waals surface area (Å²) in [5.41, 5.74) is -2.11. The van der Waals surface area contributed by atoms with Crippen molar-refractivity contribution < 1.29 is 40.7 Å². The molecule has 3 aromatic rings. The van der Waals surface area contributed by atoms with Gasteiger partial charge in [-0.2, -0.15) is 26.3 Å². The number of likely N-dealkylation sites (N-methyl/N-ethyl adjacent to an activating group) is 1. The molecular weight excluding hydrogens is 657 g/mol. The lowest BCUT2D eigenvalue weighted by atomic mass is 9.83. The molecule has 0 unspecified atom stereocenters. The van der Waals surface area contributed by atoms with E-state index >= 15 is 0 Å². The Morgan fingerprint density at radius 1 is 0.848 bits per heavy atom. The molecule has 0 heterocycles. The van der Waals surface area contributed by atoms with Crippen molar-refractivity contribution in [2.45, 2.75) is 31.2 Å². The van der Waals surface area contributed by atoms with E-state index in [9.17, 15) is 35.9 Å². The lowest BCUT2D eigenvalue weighted by molar-refractivity contribution is -0.138. The minimum atomic E-state index is -4.75. The van der Waals surface area contributed by atoms with Crippen LogP contribution < -0.4 is 10.1 Å². The lowest BCUT2D eigenvalue weighted by Gasteiger charge is -2.27. The average molecular weight is 685 g/mol. The fraction of sp³-hybridized carbons (Fsp3) is 0.273. The van der Waals surface area contributed by atoms with Gasteiger partial charge in [0.1, 0.15) is 12.4 Å². The molecule has 0 saturated heterocycles. The number of rotatable bonds is 8. The zero-order chi connectivity index (χ0) is 33.8. The highest BCUT2D eigenvalue weighted by Crippen LogP contribution is 2.40. The van der Waals surface area contributed by atoms with E-state index in [0.717, 1.165) is 24.3 Å². The van der Waals surface area contributed by atoms with Gasteiger partial charge in [0.2, 0.25) is 0 Å². The molecule has 1 amide bonds. The summed E-state index contributed by atoms with van der Waals surface area (Å²) in [6, 6.07) is 12.1. The van der Waals surface area contributed by atoms with Crippen molar-refractivity contribution in [1.82, 2.24) is 10.2 Å². The van der Waals surface area contributed by atoms with Crippen LogP contribution in [-0.4, -0.2) is 49.9 Å². The molecule has 5 nitrogen and oxygen atoms in total. The highest BCUT2D eigenvalue weighted by molar-refractivity contribution is 6.33. The summed E-state index contributed by atoms with van der Waals surface area (Å²) in [5, 5.41) is 1.57. The first-order valence-electron chi connectivity index (χ1n) is 13.9. The van der Waals surface area contributed by atoms with Gasteiger partial charge in [0.15, 0.2) is 5.78 Å². The molecule has 0 spiro atoms. The Kier molecular flexibility index (Phi) is 10.9. The van der Waals surface area contributed by atoms with E-state index < -0.39 is 51.3 Å². The molecule has 244 valence electrons. The fourth-order valence-corrected chi connectivity index (χ4v) is 5.37. The second-order valence-corrected chi connectivity index (χ2v) is 11.6. The standard InChI is InChI=1S/C33H28Cl2F6N2O3/c1-43(2)13-14-46-25-11-9-19(10-12-25)31(45)42-24-17-22(15-20-5-3-7-26(28(20)34)32(36,37)38)30(44)23(18-24)16-21-6-4-8-27(29(21)35)33(39,40)41/h3-12,15-16,24H,13-14,17-18H2,1-2H3,(H,42,45). The largest absolute Gasteiger partial charge is 0.492 e. The Morgan fingerprint density at radius 3 is 1.76 bits per heavy atom. The van der Waals surface area contributed by atoms with Crippen LogP contribution in [0.15, 0.2) is 71.8 Å². The predicted molar refractivity (Wildman–Crippen MR) is 165 cm³/mol. The molecule has 1 aliphatic carbocycles. The number of ether oxygens (including phenoxy) is 1. The Hall–Kier alpha value is -3.80. The number of Topliss-reactive ketones (excluding diaryl/α,β-unsaturated/α-hetero) is 1. The van der Waals surface area contributed by atoms with Crippen molar-refractivity contribution in [3.63, 3.8) is 0 Å². The average Bonchev–Trinajstić information content (AvgIpc) is 2.96. The van der Waals surface area contributed by atoms with Gasteiger partial charge in [-0.3, -0.25) is 9.59 Å². The number of ketones is 1. The van der Waals surface area contributed by atoms with Gasteiger partial charge in [-0.25, -0.2) is 0 Å². The van der Waals surface area contributed by atoms with Crippen LogP contribution in [0.1, 0.15) is 45.5 Å². The number of nitrogens with one attached hydrogen (secondary N) is 1. The van der Waals surface area contributed by atoms with Crippen molar-refractivity contribution in [1.29, 1.82) is 0 Å². The first-order valence-corrected chi connectivity index (χ1v) is 14.7. The van der Waals surface area contributed by atoms with Crippen molar-refractivity contribution >= 4 is 47.0 Å². The van der Waals surface area contributed by atoms with E-state index in [1.54, 1.807) is 24.3 Å². The summed E-state index contributed by atoms with van der Waals surface area (Å²) in [6.45, 7) is 1.12. The topological polar surface area (TPSA) is 58.6 Å². The van der Waals surface area contributed by atoms with Gasteiger partial charge in [0, 0.05) is 29.3 Å². The number of hydrogen-bond donors (Lipinski definition) is 1. The predicted octanol–water partition coefficient (Wildman–Crippen LogP) is 8.60. The normalized spacial score (nSPS) is 17.5. The Morgan fingerprint density at radius 2 is 1.33 bits per heavy atom. The molecule has 46 heavy (non-hydrogen) atoms. The number of nitrogens with zero attached hydrogens (tertiary/aromatic N) is 1. The third-order valence-electron chi connectivity index (χ3n) is 7.10. The second kappa shape index (κ2) is 14.3. The van der Waals surface area contributed by atoms with Crippen molar-refractivity contribution in [3.05, 3.63) is 110 Å². The Labute approximate surface area is 271 Å². The van der Waals surface area contributed by atoms with E-state index in [2.05, 4.69) is 5.32 Å². The Balaban J connectivity index is 1.68. The molecule has 1 aliphatic rings. The zero-order valence-electron chi connectivity index (χ0n) is 24.5. The first kappa shape index (κ1) is 35.1.